The highest BCUT2D eigenvalue weighted by Gasteiger charge is 2.06. The van der Waals surface area contributed by atoms with Crippen LogP contribution in [-0.2, 0) is 17.1 Å². The smallest absolute Gasteiger partial charge is 0.230 e. The summed E-state index contributed by atoms with van der Waals surface area (Å²) in [6, 6.07) is 11.7. The zero-order valence-corrected chi connectivity index (χ0v) is 12.9. The van der Waals surface area contributed by atoms with Crippen molar-refractivity contribution in [1.82, 2.24) is 10.3 Å². The number of carbonyl (C=O) groups is 1. The normalized spacial score (nSPS) is 10.9. The number of hydrogen-bond acceptors (Lipinski definition) is 5. The second kappa shape index (κ2) is 6.78. The minimum absolute atomic E-state index is 0.0116. The lowest BCUT2D eigenvalue weighted by Gasteiger charge is -2.02. The molecule has 0 radical (unpaired) electrons. The number of para-hydroxylation sites is 1. The van der Waals surface area contributed by atoms with Crippen LogP contribution in [0.2, 0.25) is 0 Å². The summed E-state index contributed by atoms with van der Waals surface area (Å²) in [5.41, 5.74) is 1.03. The van der Waals surface area contributed by atoms with E-state index in [1.54, 1.807) is 29.4 Å². The Kier molecular flexibility index (Phi) is 4.57. The summed E-state index contributed by atoms with van der Waals surface area (Å²) in [5, 5.41) is 3.88. The van der Waals surface area contributed by atoms with Gasteiger partial charge in [-0.2, -0.15) is 0 Å². The molecule has 0 fully saturated rings. The first-order valence-corrected chi connectivity index (χ1v) is 8.49. The predicted molar refractivity (Wildman–Crippen MR) is 86.3 cm³/mol. The van der Waals surface area contributed by atoms with E-state index in [4.69, 9.17) is 4.42 Å². The minimum atomic E-state index is 0.0116. The van der Waals surface area contributed by atoms with Gasteiger partial charge < -0.3 is 9.73 Å². The molecule has 0 spiro atoms. The van der Waals surface area contributed by atoms with Gasteiger partial charge in [-0.25, -0.2) is 4.98 Å². The molecule has 2 heterocycles. The van der Waals surface area contributed by atoms with Crippen LogP contribution >= 0.6 is 23.1 Å². The van der Waals surface area contributed by atoms with Crippen molar-refractivity contribution in [3.63, 3.8) is 0 Å². The first-order chi connectivity index (χ1) is 10.3. The van der Waals surface area contributed by atoms with Crippen molar-refractivity contribution in [3.8, 4) is 0 Å². The van der Waals surface area contributed by atoms with Gasteiger partial charge in [-0.1, -0.05) is 12.1 Å². The van der Waals surface area contributed by atoms with E-state index in [0.29, 0.717) is 12.3 Å². The summed E-state index contributed by atoms with van der Waals surface area (Å²) in [4.78, 5) is 16.3. The third-order valence-corrected chi connectivity index (χ3v) is 5.00. The van der Waals surface area contributed by atoms with E-state index in [9.17, 15) is 4.79 Å². The molecular weight excluding hydrogens is 304 g/mol. The van der Waals surface area contributed by atoms with E-state index in [-0.39, 0.29) is 5.91 Å². The molecule has 0 saturated carbocycles. The standard InChI is InChI=1S/C15H14N2O2S2/c18-14(16-8-11-4-3-7-19-11)9-20-10-15-17-12-5-1-2-6-13(12)21-15/h1-7H,8-10H2,(H,16,18). The number of hydrogen-bond donors (Lipinski definition) is 1. The molecule has 21 heavy (non-hydrogen) atoms. The van der Waals surface area contributed by atoms with E-state index < -0.39 is 0 Å². The number of thiazole rings is 1. The zero-order valence-electron chi connectivity index (χ0n) is 11.2. The van der Waals surface area contributed by atoms with Crippen LogP contribution in [0.1, 0.15) is 10.8 Å². The van der Waals surface area contributed by atoms with Gasteiger partial charge in [-0.05, 0) is 24.3 Å². The number of aromatic nitrogens is 1. The van der Waals surface area contributed by atoms with Crippen molar-refractivity contribution in [1.29, 1.82) is 0 Å². The molecule has 6 heteroatoms. The molecule has 1 aromatic carbocycles. The monoisotopic (exact) mass is 318 g/mol. The van der Waals surface area contributed by atoms with Crippen molar-refractivity contribution in [3.05, 3.63) is 53.4 Å². The van der Waals surface area contributed by atoms with Crippen LogP contribution in [0.25, 0.3) is 10.2 Å². The minimum Gasteiger partial charge on any atom is -0.467 e. The van der Waals surface area contributed by atoms with Crippen LogP contribution in [0.5, 0.6) is 0 Å². The Hall–Kier alpha value is -1.79. The fraction of sp³-hybridized carbons (Fsp3) is 0.200. The molecular formula is C15H14N2O2S2. The van der Waals surface area contributed by atoms with Crippen molar-refractivity contribution in [2.24, 2.45) is 0 Å². The number of furan rings is 1. The van der Waals surface area contributed by atoms with E-state index in [0.717, 1.165) is 22.0 Å². The van der Waals surface area contributed by atoms with E-state index in [1.165, 1.54) is 4.70 Å². The maximum atomic E-state index is 11.7. The number of rotatable bonds is 6. The summed E-state index contributed by atoms with van der Waals surface area (Å²) in [6.07, 6.45) is 1.60. The van der Waals surface area contributed by atoms with Crippen molar-refractivity contribution < 1.29 is 9.21 Å². The number of nitrogens with zero attached hydrogens (tertiary/aromatic N) is 1. The molecule has 0 atom stereocenters. The fourth-order valence-electron chi connectivity index (χ4n) is 1.86. The molecule has 0 unspecified atom stereocenters. The van der Waals surface area contributed by atoms with E-state index in [2.05, 4.69) is 16.4 Å². The van der Waals surface area contributed by atoms with Gasteiger partial charge >= 0.3 is 0 Å². The first kappa shape index (κ1) is 14.2. The topological polar surface area (TPSA) is 55.1 Å². The molecule has 2 aromatic heterocycles. The van der Waals surface area contributed by atoms with Crippen molar-refractivity contribution in [2.75, 3.05) is 5.75 Å². The second-order valence-corrected chi connectivity index (χ2v) is 6.53. The molecule has 1 amide bonds. The Labute approximate surface area is 130 Å². The highest BCUT2D eigenvalue weighted by Crippen LogP contribution is 2.24. The van der Waals surface area contributed by atoms with Gasteiger partial charge in [0.25, 0.3) is 0 Å². The number of amides is 1. The molecule has 0 saturated heterocycles. The van der Waals surface area contributed by atoms with Gasteiger partial charge in [0, 0.05) is 5.75 Å². The number of nitrogens with one attached hydrogen (secondary N) is 1. The lowest BCUT2D eigenvalue weighted by Crippen LogP contribution is -2.24. The summed E-state index contributed by atoms with van der Waals surface area (Å²) in [7, 11) is 0. The average molecular weight is 318 g/mol. The van der Waals surface area contributed by atoms with Crippen molar-refractivity contribution in [2.45, 2.75) is 12.3 Å². The molecule has 1 N–H and O–H groups in total. The Morgan fingerprint density at radius 1 is 1.29 bits per heavy atom. The van der Waals surface area contributed by atoms with Gasteiger partial charge in [0.1, 0.15) is 10.8 Å². The Bertz CT molecular complexity index is 689. The predicted octanol–water partition coefficient (Wildman–Crippen LogP) is 3.44. The SMILES string of the molecule is O=C(CSCc1nc2ccccc2s1)NCc1ccco1. The van der Waals surface area contributed by atoms with Crippen molar-refractivity contribution >= 4 is 39.2 Å². The third kappa shape index (κ3) is 3.86. The Balaban J connectivity index is 1.44. The van der Waals surface area contributed by atoms with E-state index in [1.807, 2.05) is 30.3 Å². The van der Waals surface area contributed by atoms with Gasteiger partial charge in [-0.15, -0.1) is 23.1 Å². The molecule has 4 nitrogen and oxygen atoms in total. The summed E-state index contributed by atoms with van der Waals surface area (Å²) in [5.74, 6) is 1.96. The van der Waals surface area contributed by atoms with Crippen LogP contribution in [0.15, 0.2) is 47.1 Å². The Morgan fingerprint density at radius 3 is 3.00 bits per heavy atom. The number of fused-ring (bicyclic) bond motifs is 1. The lowest BCUT2D eigenvalue weighted by atomic mass is 10.3. The molecule has 0 bridgehead atoms. The second-order valence-electron chi connectivity index (χ2n) is 4.42. The van der Waals surface area contributed by atoms with Crippen LogP contribution in [-0.4, -0.2) is 16.6 Å². The highest BCUT2D eigenvalue weighted by molar-refractivity contribution is 7.99. The maximum Gasteiger partial charge on any atom is 0.230 e. The molecule has 0 aliphatic heterocycles. The van der Waals surface area contributed by atoms with Gasteiger partial charge in [0.15, 0.2) is 0 Å². The number of carbonyl (C=O) groups excluding carboxylic acids is 1. The molecule has 3 rings (SSSR count). The molecule has 3 aromatic rings. The van der Waals surface area contributed by atoms with Crippen LogP contribution in [0.4, 0.5) is 0 Å². The molecule has 0 aliphatic carbocycles. The van der Waals surface area contributed by atoms with Crippen LogP contribution in [0.3, 0.4) is 0 Å². The number of benzene rings is 1. The highest BCUT2D eigenvalue weighted by atomic mass is 32.2. The Morgan fingerprint density at radius 2 is 2.19 bits per heavy atom. The van der Waals surface area contributed by atoms with Crippen LogP contribution < -0.4 is 5.32 Å². The molecule has 108 valence electrons. The number of thioether (sulfide) groups is 1. The maximum absolute atomic E-state index is 11.7. The van der Waals surface area contributed by atoms with Gasteiger partial charge in [0.05, 0.1) is 28.8 Å². The van der Waals surface area contributed by atoms with Gasteiger partial charge in [-0.3, -0.25) is 4.79 Å². The zero-order chi connectivity index (χ0) is 14.5. The van der Waals surface area contributed by atoms with E-state index >= 15 is 0 Å². The fourth-order valence-corrected chi connectivity index (χ4v) is 3.74. The summed E-state index contributed by atoms with van der Waals surface area (Å²) >= 11 is 3.25. The summed E-state index contributed by atoms with van der Waals surface area (Å²) in [6.45, 7) is 0.438. The summed E-state index contributed by atoms with van der Waals surface area (Å²) < 4.78 is 6.35. The van der Waals surface area contributed by atoms with Crippen LogP contribution in [0, 0.1) is 0 Å². The third-order valence-electron chi connectivity index (χ3n) is 2.84. The largest absolute Gasteiger partial charge is 0.467 e. The first-order valence-electron chi connectivity index (χ1n) is 6.52. The average Bonchev–Trinajstić information content (AvgIpc) is 3.14. The quantitative estimate of drug-likeness (QED) is 0.756. The lowest BCUT2D eigenvalue weighted by molar-refractivity contribution is -0.118. The molecule has 0 aliphatic rings. The van der Waals surface area contributed by atoms with Gasteiger partial charge in [0.2, 0.25) is 5.91 Å².